The summed E-state index contributed by atoms with van der Waals surface area (Å²) in [5.41, 5.74) is 3.95. The number of rotatable bonds is 4. The molecule has 0 saturated heterocycles. The number of benzene rings is 1. The first kappa shape index (κ1) is 17.1. The van der Waals surface area contributed by atoms with Crippen LogP contribution in [0.2, 0.25) is 0 Å². The van der Waals surface area contributed by atoms with Crippen LogP contribution in [-0.4, -0.2) is 31.6 Å². The SMILES string of the molecule is CCn1nc2c(n1)C(c1cn[nH]c1)=CN(c1ccc(OC(F)(F)F)cc1)C2. The number of fused-ring (bicyclic) bond motifs is 1. The topological polar surface area (TPSA) is 71.9 Å². The summed E-state index contributed by atoms with van der Waals surface area (Å²) in [7, 11) is 0. The fraction of sp³-hybridized carbons (Fsp3) is 0.235. The van der Waals surface area contributed by atoms with Crippen LogP contribution in [0.25, 0.3) is 5.57 Å². The molecule has 1 aromatic carbocycles. The van der Waals surface area contributed by atoms with Crippen LogP contribution in [0, 0.1) is 0 Å². The van der Waals surface area contributed by atoms with Gasteiger partial charge in [0, 0.05) is 29.2 Å². The monoisotopic (exact) mass is 376 g/mol. The molecule has 1 aliphatic rings. The van der Waals surface area contributed by atoms with E-state index in [9.17, 15) is 13.2 Å². The van der Waals surface area contributed by atoms with E-state index >= 15 is 0 Å². The Bertz CT molecular complexity index is 960. The molecule has 2 aromatic heterocycles. The molecule has 0 unspecified atom stereocenters. The maximum Gasteiger partial charge on any atom is 0.573 e. The van der Waals surface area contributed by atoms with Gasteiger partial charge in [0.1, 0.15) is 17.1 Å². The van der Waals surface area contributed by atoms with Crippen molar-refractivity contribution in [2.75, 3.05) is 4.90 Å². The Hall–Kier alpha value is -3.30. The minimum Gasteiger partial charge on any atom is -0.406 e. The van der Waals surface area contributed by atoms with Gasteiger partial charge in [-0.2, -0.15) is 20.1 Å². The number of halogens is 3. The van der Waals surface area contributed by atoms with Crippen LogP contribution < -0.4 is 9.64 Å². The first-order valence-electron chi connectivity index (χ1n) is 8.21. The Kier molecular flexibility index (Phi) is 4.09. The highest BCUT2D eigenvalue weighted by molar-refractivity contribution is 5.82. The smallest absolute Gasteiger partial charge is 0.406 e. The second-order valence-corrected chi connectivity index (χ2v) is 5.88. The fourth-order valence-corrected chi connectivity index (χ4v) is 2.88. The maximum atomic E-state index is 12.3. The molecule has 3 aromatic rings. The van der Waals surface area contributed by atoms with E-state index in [1.54, 1.807) is 29.3 Å². The van der Waals surface area contributed by atoms with Crippen LogP contribution in [-0.2, 0) is 13.1 Å². The molecule has 7 nitrogen and oxygen atoms in total. The number of hydrogen-bond donors (Lipinski definition) is 1. The predicted molar refractivity (Wildman–Crippen MR) is 90.7 cm³/mol. The molecule has 0 atom stereocenters. The Morgan fingerprint density at radius 2 is 1.96 bits per heavy atom. The van der Waals surface area contributed by atoms with Gasteiger partial charge in [-0.1, -0.05) is 0 Å². The molecule has 10 heteroatoms. The molecule has 0 fully saturated rings. The van der Waals surface area contributed by atoms with Crippen molar-refractivity contribution in [2.45, 2.75) is 26.4 Å². The van der Waals surface area contributed by atoms with Gasteiger partial charge in [-0.05, 0) is 31.2 Å². The summed E-state index contributed by atoms with van der Waals surface area (Å²) >= 11 is 0. The lowest BCUT2D eigenvalue weighted by Crippen LogP contribution is -2.21. The maximum absolute atomic E-state index is 12.3. The highest BCUT2D eigenvalue weighted by Gasteiger charge is 2.31. The molecule has 1 aliphatic heterocycles. The van der Waals surface area contributed by atoms with Gasteiger partial charge in [-0.3, -0.25) is 5.10 Å². The Balaban J connectivity index is 1.68. The number of aryl methyl sites for hydroxylation is 1. The minimum atomic E-state index is -4.71. The summed E-state index contributed by atoms with van der Waals surface area (Å²) in [4.78, 5) is 3.51. The van der Waals surface area contributed by atoms with Crippen LogP contribution in [0.4, 0.5) is 18.9 Å². The van der Waals surface area contributed by atoms with Crippen molar-refractivity contribution in [3.8, 4) is 5.75 Å². The highest BCUT2D eigenvalue weighted by Crippen LogP contribution is 2.33. The van der Waals surface area contributed by atoms with Gasteiger partial charge in [-0.25, -0.2) is 0 Å². The Morgan fingerprint density at radius 3 is 2.59 bits per heavy atom. The minimum absolute atomic E-state index is 0.264. The van der Waals surface area contributed by atoms with Crippen molar-refractivity contribution in [3.05, 3.63) is 59.8 Å². The van der Waals surface area contributed by atoms with Gasteiger partial charge in [0.25, 0.3) is 0 Å². The van der Waals surface area contributed by atoms with Gasteiger partial charge in [0.05, 0.1) is 19.3 Å². The standard InChI is InChI=1S/C17H15F3N6O/c1-2-26-23-15-10-25(9-14(16(15)24-26)11-7-21-22-8-11)12-3-5-13(6-4-12)27-17(18,19)20/h3-9H,2,10H2,1H3,(H,21,22). The lowest BCUT2D eigenvalue weighted by Gasteiger charge is -2.25. The highest BCUT2D eigenvalue weighted by atomic mass is 19.4. The number of nitrogens with zero attached hydrogens (tertiary/aromatic N) is 5. The molecule has 3 heterocycles. The molecular formula is C17H15F3N6O. The van der Waals surface area contributed by atoms with E-state index in [2.05, 4.69) is 25.1 Å². The molecule has 0 spiro atoms. The normalized spacial score (nSPS) is 14.1. The number of nitrogens with one attached hydrogen (secondary N) is 1. The number of aromatic nitrogens is 5. The van der Waals surface area contributed by atoms with Crippen LogP contribution in [0.3, 0.4) is 0 Å². The summed E-state index contributed by atoms with van der Waals surface area (Å²) in [5.74, 6) is -0.264. The molecule has 140 valence electrons. The predicted octanol–water partition coefficient (Wildman–Crippen LogP) is 3.33. The van der Waals surface area contributed by atoms with Gasteiger partial charge < -0.3 is 9.64 Å². The number of aromatic amines is 1. The van der Waals surface area contributed by atoms with Gasteiger partial charge in [-0.15, -0.1) is 13.2 Å². The first-order chi connectivity index (χ1) is 12.9. The van der Waals surface area contributed by atoms with E-state index in [4.69, 9.17) is 0 Å². The third kappa shape index (κ3) is 3.50. The Morgan fingerprint density at radius 1 is 1.19 bits per heavy atom. The molecule has 1 N–H and O–H groups in total. The second kappa shape index (κ2) is 6.45. The van der Waals surface area contributed by atoms with Crippen LogP contribution in [0.1, 0.15) is 23.9 Å². The van der Waals surface area contributed by atoms with Crippen molar-refractivity contribution in [1.82, 2.24) is 25.2 Å². The summed E-state index contributed by atoms with van der Waals surface area (Å²) in [6, 6.07) is 5.71. The largest absolute Gasteiger partial charge is 0.573 e. The molecule has 27 heavy (non-hydrogen) atoms. The van der Waals surface area contributed by atoms with E-state index in [0.29, 0.717) is 18.8 Å². The Labute approximate surface area is 152 Å². The molecular weight excluding hydrogens is 361 g/mol. The molecule has 4 rings (SSSR count). The van der Waals surface area contributed by atoms with E-state index < -0.39 is 6.36 Å². The molecule has 0 aliphatic carbocycles. The number of H-pyrrole nitrogens is 1. The van der Waals surface area contributed by atoms with Gasteiger partial charge >= 0.3 is 6.36 Å². The quantitative estimate of drug-likeness (QED) is 0.756. The molecule has 0 amide bonds. The average Bonchev–Trinajstić information content (AvgIpc) is 3.29. The van der Waals surface area contributed by atoms with Crippen LogP contribution in [0.5, 0.6) is 5.75 Å². The van der Waals surface area contributed by atoms with Gasteiger partial charge in [0.15, 0.2) is 0 Å². The number of ether oxygens (including phenoxy) is 1. The fourth-order valence-electron chi connectivity index (χ4n) is 2.88. The van der Waals surface area contributed by atoms with E-state index in [0.717, 1.165) is 22.5 Å². The number of hydrogen-bond acceptors (Lipinski definition) is 5. The van der Waals surface area contributed by atoms with Crippen molar-refractivity contribution in [3.63, 3.8) is 0 Å². The lowest BCUT2D eigenvalue weighted by molar-refractivity contribution is -0.274. The third-order valence-electron chi connectivity index (χ3n) is 4.08. The number of anilines is 1. The number of alkyl halides is 3. The van der Waals surface area contributed by atoms with E-state index in [-0.39, 0.29) is 5.75 Å². The molecule has 0 bridgehead atoms. The zero-order valence-corrected chi connectivity index (χ0v) is 14.2. The first-order valence-corrected chi connectivity index (χ1v) is 8.21. The summed E-state index contributed by atoms with van der Waals surface area (Å²) in [6.45, 7) is 3.04. The average molecular weight is 376 g/mol. The van der Waals surface area contributed by atoms with Crippen molar-refractivity contribution < 1.29 is 17.9 Å². The molecule has 0 radical (unpaired) electrons. The van der Waals surface area contributed by atoms with Crippen molar-refractivity contribution in [2.24, 2.45) is 0 Å². The molecule has 0 saturated carbocycles. The van der Waals surface area contributed by atoms with E-state index in [1.165, 1.54) is 12.1 Å². The second-order valence-electron chi connectivity index (χ2n) is 5.88. The lowest BCUT2D eigenvalue weighted by atomic mass is 10.0. The summed E-state index contributed by atoms with van der Waals surface area (Å²) in [6.07, 6.45) is 0.616. The zero-order valence-electron chi connectivity index (χ0n) is 14.2. The summed E-state index contributed by atoms with van der Waals surface area (Å²) in [5, 5.41) is 15.8. The summed E-state index contributed by atoms with van der Waals surface area (Å²) < 4.78 is 40.9. The van der Waals surface area contributed by atoms with Crippen molar-refractivity contribution in [1.29, 1.82) is 0 Å². The van der Waals surface area contributed by atoms with Crippen LogP contribution in [0.15, 0.2) is 42.9 Å². The van der Waals surface area contributed by atoms with Gasteiger partial charge in [0.2, 0.25) is 0 Å². The van der Waals surface area contributed by atoms with Crippen LogP contribution >= 0.6 is 0 Å². The van der Waals surface area contributed by atoms with E-state index in [1.807, 2.05) is 18.0 Å². The zero-order chi connectivity index (χ0) is 19.0. The third-order valence-corrected chi connectivity index (χ3v) is 4.08. The van der Waals surface area contributed by atoms with Crippen molar-refractivity contribution >= 4 is 11.3 Å².